The Morgan fingerprint density at radius 3 is 3.14 bits per heavy atom. The minimum Gasteiger partial charge on any atom is -0.388 e. The molecule has 1 aromatic heterocycles. The molecule has 2 fully saturated rings. The highest BCUT2D eigenvalue weighted by molar-refractivity contribution is 5.31. The average molecular weight is 290 g/mol. The highest BCUT2D eigenvalue weighted by atomic mass is 16.5. The summed E-state index contributed by atoms with van der Waals surface area (Å²) in [6.45, 7) is 6.31. The quantitative estimate of drug-likeness (QED) is 0.905. The van der Waals surface area contributed by atoms with Gasteiger partial charge in [-0.05, 0) is 51.6 Å². The van der Waals surface area contributed by atoms with Gasteiger partial charge in [0.25, 0.3) is 0 Å². The summed E-state index contributed by atoms with van der Waals surface area (Å²) in [5.74, 6) is 0. The molecule has 3 aliphatic rings. The summed E-state index contributed by atoms with van der Waals surface area (Å²) in [4.78, 5) is 2.61. The van der Waals surface area contributed by atoms with Crippen LogP contribution in [0.3, 0.4) is 0 Å². The second-order valence-corrected chi connectivity index (χ2v) is 6.95. The van der Waals surface area contributed by atoms with Crippen LogP contribution in [0.25, 0.3) is 0 Å². The SMILES string of the molecule is Cc1cc2c(n1CC1CN3CCCC3CO1)CCCC2O. The Labute approximate surface area is 126 Å². The van der Waals surface area contributed by atoms with Crippen LogP contribution in [0.5, 0.6) is 0 Å². The Bertz CT molecular complexity index is 525. The van der Waals surface area contributed by atoms with E-state index in [0.717, 1.165) is 44.5 Å². The highest BCUT2D eigenvalue weighted by Crippen LogP contribution is 2.33. The van der Waals surface area contributed by atoms with Gasteiger partial charge >= 0.3 is 0 Å². The first kappa shape index (κ1) is 13.8. The van der Waals surface area contributed by atoms with Gasteiger partial charge in [-0.2, -0.15) is 0 Å². The van der Waals surface area contributed by atoms with Gasteiger partial charge < -0.3 is 14.4 Å². The van der Waals surface area contributed by atoms with Gasteiger partial charge in [0, 0.05) is 29.5 Å². The lowest BCUT2D eigenvalue weighted by Crippen LogP contribution is -2.47. The average Bonchev–Trinajstić information content (AvgIpc) is 3.05. The second kappa shape index (κ2) is 5.41. The molecule has 3 heterocycles. The molecule has 1 aliphatic carbocycles. The van der Waals surface area contributed by atoms with Gasteiger partial charge in [0.05, 0.1) is 25.4 Å². The molecule has 0 bridgehead atoms. The molecule has 2 saturated heterocycles. The number of fused-ring (bicyclic) bond motifs is 2. The molecule has 116 valence electrons. The number of aryl methyl sites for hydroxylation is 1. The number of aliphatic hydroxyl groups is 1. The predicted molar refractivity (Wildman–Crippen MR) is 81.4 cm³/mol. The van der Waals surface area contributed by atoms with Crippen LogP contribution in [0.15, 0.2) is 6.07 Å². The van der Waals surface area contributed by atoms with E-state index in [-0.39, 0.29) is 6.10 Å². The molecular weight excluding hydrogens is 264 g/mol. The fourth-order valence-electron chi connectivity index (χ4n) is 4.40. The maximum absolute atomic E-state index is 10.2. The van der Waals surface area contributed by atoms with Gasteiger partial charge in [0.15, 0.2) is 0 Å². The van der Waals surface area contributed by atoms with E-state index in [4.69, 9.17) is 4.74 Å². The molecule has 4 nitrogen and oxygen atoms in total. The monoisotopic (exact) mass is 290 g/mol. The first-order valence-electron chi connectivity index (χ1n) is 8.45. The number of morpholine rings is 1. The number of aliphatic hydroxyl groups excluding tert-OH is 1. The van der Waals surface area contributed by atoms with E-state index < -0.39 is 0 Å². The smallest absolute Gasteiger partial charge is 0.0881 e. The summed E-state index contributed by atoms with van der Waals surface area (Å²) in [5.41, 5.74) is 3.78. The first-order chi connectivity index (χ1) is 10.2. The molecule has 0 amide bonds. The van der Waals surface area contributed by atoms with Crippen molar-refractivity contribution in [2.75, 3.05) is 19.7 Å². The Hall–Kier alpha value is -0.840. The number of aromatic nitrogens is 1. The van der Waals surface area contributed by atoms with Crippen molar-refractivity contribution in [3.05, 3.63) is 23.0 Å². The van der Waals surface area contributed by atoms with Gasteiger partial charge in [-0.3, -0.25) is 4.90 Å². The van der Waals surface area contributed by atoms with Crippen molar-refractivity contribution < 1.29 is 9.84 Å². The number of hydrogen-bond donors (Lipinski definition) is 1. The summed E-state index contributed by atoms with van der Waals surface area (Å²) in [6.07, 6.45) is 5.77. The van der Waals surface area contributed by atoms with Crippen LogP contribution in [0.2, 0.25) is 0 Å². The third-order valence-electron chi connectivity index (χ3n) is 5.55. The number of hydrogen-bond acceptors (Lipinski definition) is 3. The summed E-state index contributed by atoms with van der Waals surface area (Å²) in [5, 5.41) is 10.2. The largest absolute Gasteiger partial charge is 0.388 e. The molecule has 4 rings (SSSR count). The molecule has 21 heavy (non-hydrogen) atoms. The third-order valence-corrected chi connectivity index (χ3v) is 5.55. The van der Waals surface area contributed by atoms with E-state index >= 15 is 0 Å². The second-order valence-electron chi connectivity index (χ2n) is 6.95. The number of nitrogens with zero attached hydrogens (tertiary/aromatic N) is 2. The highest BCUT2D eigenvalue weighted by Gasteiger charge is 2.33. The maximum Gasteiger partial charge on any atom is 0.0881 e. The summed E-state index contributed by atoms with van der Waals surface area (Å²) in [7, 11) is 0. The minimum atomic E-state index is -0.260. The Balaban J connectivity index is 1.52. The third kappa shape index (κ3) is 2.43. The van der Waals surface area contributed by atoms with Crippen LogP contribution < -0.4 is 0 Å². The Morgan fingerprint density at radius 2 is 2.24 bits per heavy atom. The molecule has 0 radical (unpaired) electrons. The van der Waals surface area contributed by atoms with Gasteiger partial charge in [-0.25, -0.2) is 0 Å². The molecule has 1 aromatic rings. The van der Waals surface area contributed by atoms with Crippen molar-refractivity contribution in [3.8, 4) is 0 Å². The zero-order valence-corrected chi connectivity index (χ0v) is 12.9. The zero-order chi connectivity index (χ0) is 14.4. The molecular formula is C17H26N2O2. The summed E-state index contributed by atoms with van der Waals surface area (Å²) >= 11 is 0. The fourth-order valence-corrected chi connectivity index (χ4v) is 4.40. The fraction of sp³-hybridized carbons (Fsp3) is 0.765. The molecule has 3 atom stereocenters. The minimum absolute atomic E-state index is 0.260. The Morgan fingerprint density at radius 1 is 1.33 bits per heavy atom. The molecule has 1 N–H and O–H groups in total. The van der Waals surface area contributed by atoms with Crippen molar-refractivity contribution in [2.24, 2.45) is 0 Å². The van der Waals surface area contributed by atoms with Crippen molar-refractivity contribution >= 4 is 0 Å². The van der Waals surface area contributed by atoms with Crippen LogP contribution in [0.4, 0.5) is 0 Å². The van der Waals surface area contributed by atoms with E-state index in [0.29, 0.717) is 12.1 Å². The zero-order valence-electron chi connectivity index (χ0n) is 12.9. The molecule has 3 unspecified atom stereocenters. The lowest BCUT2D eigenvalue weighted by molar-refractivity contribution is -0.0556. The normalized spacial score (nSPS) is 33.0. The first-order valence-corrected chi connectivity index (χ1v) is 8.45. The van der Waals surface area contributed by atoms with E-state index in [2.05, 4.69) is 22.5 Å². The molecule has 0 spiro atoms. The Kier molecular flexibility index (Phi) is 3.56. The molecule has 2 aliphatic heterocycles. The summed E-state index contributed by atoms with van der Waals surface area (Å²) < 4.78 is 8.51. The van der Waals surface area contributed by atoms with Crippen LogP contribution >= 0.6 is 0 Å². The number of ether oxygens (including phenoxy) is 1. The van der Waals surface area contributed by atoms with Gasteiger partial charge in [-0.15, -0.1) is 0 Å². The van der Waals surface area contributed by atoms with E-state index in [1.807, 2.05) is 0 Å². The maximum atomic E-state index is 10.2. The van der Waals surface area contributed by atoms with Crippen molar-refractivity contribution in [1.82, 2.24) is 9.47 Å². The van der Waals surface area contributed by atoms with Crippen molar-refractivity contribution in [1.29, 1.82) is 0 Å². The summed E-state index contributed by atoms with van der Waals surface area (Å²) in [6, 6.07) is 2.85. The topological polar surface area (TPSA) is 37.6 Å². The van der Waals surface area contributed by atoms with E-state index in [1.165, 1.54) is 30.8 Å². The molecule has 0 aromatic carbocycles. The van der Waals surface area contributed by atoms with E-state index in [9.17, 15) is 5.11 Å². The van der Waals surface area contributed by atoms with Gasteiger partial charge in [0.1, 0.15) is 0 Å². The van der Waals surface area contributed by atoms with Crippen LogP contribution in [-0.4, -0.2) is 46.4 Å². The standard InChI is InChI=1S/C17H26N2O2/c1-12-8-15-16(5-2-6-17(15)20)19(12)10-14-9-18-7-3-4-13(18)11-21-14/h8,13-14,17,20H,2-7,9-11H2,1H3. The molecule has 0 saturated carbocycles. The number of rotatable bonds is 2. The lowest BCUT2D eigenvalue weighted by Gasteiger charge is -2.36. The van der Waals surface area contributed by atoms with Crippen molar-refractivity contribution in [2.45, 2.75) is 63.8 Å². The van der Waals surface area contributed by atoms with Crippen LogP contribution in [-0.2, 0) is 17.7 Å². The van der Waals surface area contributed by atoms with E-state index in [1.54, 1.807) is 0 Å². The van der Waals surface area contributed by atoms with Gasteiger partial charge in [0.2, 0.25) is 0 Å². The van der Waals surface area contributed by atoms with Crippen LogP contribution in [0.1, 0.15) is 48.7 Å². The predicted octanol–water partition coefficient (Wildman–Crippen LogP) is 2.03. The molecule has 4 heteroatoms. The van der Waals surface area contributed by atoms with Crippen molar-refractivity contribution in [3.63, 3.8) is 0 Å². The van der Waals surface area contributed by atoms with Crippen LogP contribution in [0, 0.1) is 6.92 Å². The van der Waals surface area contributed by atoms with Gasteiger partial charge in [-0.1, -0.05) is 0 Å². The lowest BCUT2D eigenvalue weighted by atomic mass is 9.95.